The van der Waals surface area contributed by atoms with E-state index in [2.05, 4.69) is 21.5 Å². The Bertz CT molecular complexity index is 1600. The molecule has 0 saturated carbocycles. The van der Waals surface area contributed by atoms with Crippen LogP contribution in [0, 0.1) is 0 Å². The fraction of sp³-hybridized carbons (Fsp3) is 0.0769. The van der Waals surface area contributed by atoms with E-state index in [1.807, 2.05) is 59.2 Å². The van der Waals surface area contributed by atoms with E-state index in [0.717, 1.165) is 27.7 Å². The molecule has 0 unspecified atom stereocenters. The van der Waals surface area contributed by atoms with E-state index in [-0.39, 0.29) is 18.0 Å². The molecule has 160 valence electrons. The maximum absolute atomic E-state index is 13.1. The summed E-state index contributed by atoms with van der Waals surface area (Å²) in [6.45, 7) is 0.787. The van der Waals surface area contributed by atoms with Crippen molar-refractivity contribution in [3.8, 4) is 11.3 Å². The van der Waals surface area contributed by atoms with Crippen LogP contribution >= 0.6 is 0 Å². The van der Waals surface area contributed by atoms with E-state index in [4.69, 9.17) is 0 Å². The van der Waals surface area contributed by atoms with Crippen molar-refractivity contribution in [2.24, 2.45) is 0 Å². The smallest absolute Gasteiger partial charge is 0.267 e. The van der Waals surface area contributed by atoms with Crippen molar-refractivity contribution >= 4 is 22.9 Å². The second kappa shape index (κ2) is 7.56. The molecule has 0 radical (unpaired) electrons. The number of nitrogens with one attached hydrogen (secondary N) is 1. The van der Waals surface area contributed by atoms with Crippen molar-refractivity contribution in [2.75, 3.05) is 5.32 Å². The lowest BCUT2D eigenvalue weighted by Crippen LogP contribution is -2.23. The summed E-state index contributed by atoms with van der Waals surface area (Å²) in [5.41, 5.74) is 5.52. The number of rotatable bonds is 0. The van der Waals surface area contributed by atoms with Crippen LogP contribution in [-0.2, 0) is 13.1 Å². The number of para-hydroxylation sites is 2. The van der Waals surface area contributed by atoms with Gasteiger partial charge in [-0.2, -0.15) is 5.10 Å². The minimum absolute atomic E-state index is 0.194. The van der Waals surface area contributed by atoms with Crippen molar-refractivity contribution in [3.05, 3.63) is 112 Å². The number of amides is 1. The fourth-order valence-electron chi connectivity index (χ4n) is 4.22. The lowest BCUT2D eigenvalue weighted by atomic mass is 10.1. The van der Waals surface area contributed by atoms with Gasteiger partial charge in [-0.25, -0.2) is 9.67 Å². The molecular formula is C26H19N5O2. The van der Waals surface area contributed by atoms with Gasteiger partial charge in [-0.3, -0.25) is 14.9 Å². The highest BCUT2D eigenvalue weighted by Gasteiger charge is 2.16. The van der Waals surface area contributed by atoms with Gasteiger partial charge in [0.05, 0.1) is 29.8 Å². The van der Waals surface area contributed by atoms with Crippen LogP contribution in [0.2, 0.25) is 0 Å². The summed E-state index contributed by atoms with van der Waals surface area (Å²) in [4.78, 5) is 30.3. The third-order valence-electron chi connectivity index (χ3n) is 5.83. The van der Waals surface area contributed by atoms with E-state index in [0.29, 0.717) is 23.8 Å². The van der Waals surface area contributed by atoms with Crippen LogP contribution in [0.5, 0.6) is 0 Å². The topological polar surface area (TPSA) is 81.8 Å². The quantitative estimate of drug-likeness (QED) is 0.401. The van der Waals surface area contributed by atoms with Gasteiger partial charge in [-0.15, -0.1) is 0 Å². The average molecular weight is 433 g/mol. The summed E-state index contributed by atoms with van der Waals surface area (Å²) in [5.74, 6) is 0.230. The first-order valence-electron chi connectivity index (χ1n) is 10.7. The van der Waals surface area contributed by atoms with E-state index in [1.54, 1.807) is 18.2 Å². The van der Waals surface area contributed by atoms with E-state index < -0.39 is 0 Å². The molecule has 0 spiro atoms. The average Bonchev–Trinajstić information content (AvgIpc) is 3.17. The lowest BCUT2D eigenvalue weighted by molar-refractivity contribution is 0.102. The van der Waals surface area contributed by atoms with Crippen LogP contribution in [-0.4, -0.2) is 25.2 Å². The minimum Gasteiger partial charge on any atom is -0.305 e. The highest BCUT2D eigenvalue weighted by atomic mass is 16.2. The molecule has 2 aromatic heterocycles. The minimum atomic E-state index is -0.258. The van der Waals surface area contributed by atoms with Gasteiger partial charge in [0.1, 0.15) is 0 Å². The van der Waals surface area contributed by atoms with Gasteiger partial charge in [0.2, 0.25) is 5.95 Å². The highest BCUT2D eigenvalue weighted by Crippen LogP contribution is 2.24. The molecule has 0 aliphatic carbocycles. The first kappa shape index (κ1) is 19.2. The van der Waals surface area contributed by atoms with Crippen LogP contribution in [0.3, 0.4) is 0 Å². The molecule has 7 heteroatoms. The second-order valence-corrected chi connectivity index (χ2v) is 8.08. The molecule has 0 fully saturated rings. The lowest BCUT2D eigenvalue weighted by Gasteiger charge is -2.11. The van der Waals surface area contributed by atoms with Crippen molar-refractivity contribution in [1.82, 2.24) is 19.3 Å². The largest absolute Gasteiger partial charge is 0.305 e. The molecule has 1 aliphatic heterocycles. The van der Waals surface area contributed by atoms with Gasteiger partial charge in [0.15, 0.2) is 0 Å². The van der Waals surface area contributed by atoms with Gasteiger partial charge >= 0.3 is 0 Å². The third kappa shape index (κ3) is 3.49. The monoisotopic (exact) mass is 433 g/mol. The van der Waals surface area contributed by atoms with Gasteiger partial charge in [-0.1, -0.05) is 42.5 Å². The third-order valence-corrected chi connectivity index (χ3v) is 5.83. The Morgan fingerprint density at radius 3 is 2.39 bits per heavy atom. The summed E-state index contributed by atoms with van der Waals surface area (Å²) in [6, 6.07) is 26.4. The van der Waals surface area contributed by atoms with Crippen LogP contribution < -0.4 is 10.9 Å². The van der Waals surface area contributed by atoms with Crippen LogP contribution in [0.1, 0.15) is 21.5 Å². The number of imidazole rings is 1. The number of fused-ring (bicyclic) bond motifs is 10. The molecule has 3 aromatic carbocycles. The first-order valence-corrected chi connectivity index (χ1v) is 10.7. The van der Waals surface area contributed by atoms with Gasteiger partial charge < -0.3 is 4.57 Å². The molecule has 6 bridgehead atoms. The summed E-state index contributed by atoms with van der Waals surface area (Å²) in [7, 11) is 0. The number of anilines is 1. The second-order valence-electron chi connectivity index (χ2n) is 8.08. The Morgan fingerprint density at radius 1 is 0.758 bits per heavy atom. The Morgan fingerprint density at radius 2 is 1.52 bits per heavy atom. The summed E-state index contributed by atoms with van der Waals surface area (Å²) < 4.78 is 3.43. The molecule has 33 heavy (non-hydrogen) atoms. The van der Waals surface area contributed by atoms with Gasteiger partial charge in [-0.05, 0) is 47.5 Å². The Hall–Kier alpha value is -4.52. The molecule has 7 nitrogen and oxygen atoms in total. The zero-order valence-electron chi connectivity index (χ0n) is 17.6. The van der Waals surface area contributed by atoms with Crippen molar-refractivity contribution in [3.63, 3.8) is 0 Å². The molecule has 3 heterocycles. The molecule has 6 rings (SSSR count). The first-order chi connectivity index (χ1) is 16.1. The molecule has 0 saturated heterocycles. The van der Waals surface area contributed by atoms with Crippen molar-refractivity contribution in [1.29, 1.82) is 0 Å². The number of hydrogen-bond donors (Lipinski definition) is 1. The normalized spacial score (nSPS) is 13.0. The van der Waals surface area contributed by atoms with Gasteiger partial charge in [0, 0.05) is 17.2 Å². The maximum atomic E-state index is 13.1. The maximum Gasteiger partial charge on any atom is 0.267 e. The Kier molecular flexibility index (Phi) is 4.40. The zero-order chi connectivity index (χ0) is 22.4. The van der Waals surface area contributed by atoms with E-state index in [9.17, 15) is 9.59 Å². The SMILES string of the molecule is O=C1Nc2nc3ccccc3n2Cc2cccc(c2)-c2ccc(=O)n(n2)Cc2cccc1c2. The van der Waals surface area contributed by atoms with E-state index in [1.165, 1.54) is 10.7 Å². The van der Waals surface area contributed by atoms with Crippen LogP contribution in [0.4, 0.5) is 5.95 Å². The highest BCUT2D eigenvalue weighted by molar-refractivity contribution is 6.04. The van der Waals surface area contributed by atoms with Crippen molar-refractivity contribution < 1.29 is 4.79 Å². The van der Waals surface area contributed by atoms with Crippen LogP contribution in [0.25, 0.3) is 22.3 Å². The molecular weight excluding hydrogens is 414 g/mol. The van der Waals surface area contributed by atoms with Crippen LogP contribution in [0.15, 0.2) is 89.7 Å². The predicted molar refractivity (Wildman–Crippen MR) is 126 cm³/mol. The number of carbonyl (C=O) groups is 1. The zero-order valence-corrected chi connectivity index (χ0v) is 17.6. The molecule has 0 atom stereocenters. The van der Waals surface area contributed by atoms with Gasteiger partial charge in [0.25, 0.3) is 11.5 Å². The molecule has 1 aliphatic rings. The predicted octanol–water partition coefficient (Wildman–Crippen LogP) is 3.92. The Labute approximate surface area is 189 Å². The fourth-order valence-corrected chi connectivity index (χ4v) is 4.22. The number of benzene rings is 3. The number of aromatic nitrogens is 4. The molecule has 5 aromatic rings. The summed E-state index contributed by atoms with van der Waals surface area (Å²) >= 11 is 0. The molecule has 1 amide bonds. The number of carbonyl (C=O) groups excluding carboxylic acids is 1. The number of hydrogen-bond acceptors (Lipinski definition) is 4. The summed E-state index contributed by atoms with van der Waals surface area (Å²) in [5, 5.41) is 7.58. The number of nitrogens with zero attached hydrogens (tertiary/aromatic N) is 4. The standard InChI is InChI=1S/C26H19N5O2/c32-24-12-11-21-19-7-3-5-17(13-19)15-30-23-10-2-1-9-22(23)27-26(30)28-25(33)20-8-4-6-18(14-20)16-31(24)29-21/h1-14H,15-16H2,(H,27,28,33). The summed E-state index contributed by atoms with van der Waals surface area (Å²) in [6.07, 6.45) is 0. The van der Waals surface area contributed by atoms with Crippen molar-refractivity contribution in [2.45, 2.75) is 13.1 Å². The Balaban J connectivity index is 1.58. The molecule has 1 N–H and O–H groups in total. The van der Waals surface area contributed by atoms with E-state index >= 15 is 0 Å².